The molecular formula is C28H39N5O4. The molecule has 2 aromatic rings. The summed E-state index contributed by atoms with van der Waals surface area (Å²) in [7, 11) is 0. The summed E-state index contributed by atoms with van der Waals surface area (Å²) in [5, 5.41) is 5.81. The van der Waals surface area contributed by atoms with Crippen LogP contribution in [0.25, 0.3) is 0 Å². The van der Waals surface area contributed by atoms with Crippen LogP contribution in [0.1, 0.15) is 30.1 Å². The van der Waals surface area contributed by atoms with Gasteiger partial charge in [0.1, 0.15) is 12.4 Å². The molecule has 2 aliphatic heterocycles. The van der Waals surface area contributed by atoms with Crippen molar-refractivity contribution in [2.75, 3.05) is 82.3 Å². The molecule has 4 rings (SSSR count). The maximum absolute atomic E-state index is 12.6. The van der Waals surface area contributed by atoms with Crippen LogP contribution in [0.15, 0.2) is 48.5 Å². The van der Waals surface area contributed by atoms with Crippen molar-refractivity contribution in [3.63, 3.8) is 0 Å². The Morgan fingerprint density at radius 2 is 1.65 bits per heavy atom. The number of hydrogen-bond acceptors (Lipinski definition) is 7. The van der Waals surface area contributed by atoms with Gasteiger partial charge in [-0.05, 0) is 63.2 Å². The number of piperazine rings is 1. The van der Waals surface area contributed by atoms with Crippen LogP contribution in [0.2, 0.25) is 0 Å². The Bertz CT molecular complexity index is 1020. The highest BCUT2D eigenvalue weighted by molar-refractivity contribution is 5.95. The van der Waals surface area contributed by atoms with Crippen LogP contribution >= 0.6 is 0 Å². The number of likely N-dealkylation sites (tertiary alicyclic amines) is 1. The molecule has 0 spiro atoms. The Balaban J connectivity index is 1.16. The van der Waals surface area contributed by atoms with Gasteiger partial charge in [0.2, 0.25) is 0 Å². The molecule has 0 aliphatic carbocycles. The largest absolute Gasteiger partial charge is 0.492 e. The van der Waals surface area contributed by atoms with Gasteiger partial charge in [-0.2, -0.15) is 0 Å². The predicted octanol–water partition coefficient (Wildman–Crippen LogP) is 3.28. The minimum Gasteiger partial charge on any atom is -0.492 e. The average molecular weight is 510 g/mol. The first-order valence-corrected chi connectivity index (χ1v) is 13.4. The van der Waals surface area contributed by atoms with Crippen molar-refractivity contribution in [3.8, 4) is 5.75 Å². The van der Waals surface area contributed by atoms with Crippen LogP contribution in [-0.4, -0.2) is 93.9 Å². The summed E-state index contributed by atoms with van der Waals surface area (Å²) >= 11 is 0. The Hall–Kier alpha value is -3.30. The summed E-state index contributed by atoms with van der Waals surface area (Å²) in [6.07, 6.45) is 2.03. The van der Waals surface area contributed by atoms with Gasteiger partial charge in [-0.25, -0.2) is 4.79 Å². The number of hydrogen-bond donors (Lipinski definition) is 2. The number of rotatable bonds is 11. The molecule has 0 unspecified atom stereocenters. The van der Waals surface area contributed by atoms with Gasteiger partial charge < -0.3 is 24.6 Å². The second kappa shape index (κ2) is 13.9. The smallest absolute Gasteiger partial charge is 0.411 e. The average Bonchev–Trinajstić information content (AvgIpc) is 3.44. The van der Waals surface area contributed by atoms with E-state index < -0.39 is 6.09 Å². The van der Waals surface area contributed by atoms with Gasteiger partial charge in [0.05, 0.1) is 12.3 Å². The Kier molecular flexibility index (Phi) is 10.0. The van der Waals surface area contributed by atoms with Gasteiger partial charge in [0, 0.05) is 57.1 Å². The third-order valence-electron chi connectivity index (χ3n) is 6.82. The fourth-order valence-corrected chi connectivity index (χ4v) is 4.77. The molecule has 2 amide bonds. The third kappa shape index (κ3) is 8.10. The van der Waals surface area contributed by atoms with Gasteiger partial charge in [0.15, 0.2) is 0 Å². The summed E-state index contributed by atoms with van der Waals surface area (Å²) in [6.45, 7) is 10.7. The zero-order valence-electron chi connectivity index (χ0n) is 21.8. The molecule has 0 radical (unpaired) electrons. The maximum atomic E-state index is 12.6. The van der Waals surface area contributed by atoms with Gasteiger partial charge >= 0.3 is 6.09 Å². The third-order valence-corrected chi connectivity index (χ3v) is 6.82. The molecule has 9 nitrogen and oxygen atoms in total. The lowest BCUT2D eigenvalue weighted by atomic mass is 10.1. The zero-order chi connectivity index (χ0) is 25.9. The zero-order valence-corrected chi connectivity index (χ0v) is 21.8. The first-order chi connectivity index (χ1) is 18.1. The number of carbonyl (C=O) groups excluding carboxylic acids is 2. The Morgan fingerprint density at radius 1 is 0.892 bits per heavy atom. The number of benzene rings is 2. The van der Waals surface area contributed by atoms with Crippen molar-refractivity contribution in [1.29, 1.82) is 0 Å². The molecule has 0 saturated carbocycles. The SMILES string of the molecule is CCOc1ccccc1NC(=O)OCCN1CCN(c2cccc(C(=O)NCCN3CCCC3)c2)CC1. The van der Waals surface area contributed by atoms with Crippen molar-refractivity contribution >= 4 is 23.4 Å². The van der Waals surface area contributed by atoms with E-state index in [1.165, 1.54) is 12.8 Å². The molecule has 2 heterocycles. The van der Waals surface area contributed by atoms with E-state index >= 15 is 0 Å². The molecule has 37 heavy (non-hydrogen) atoms. The molecule has 0 bridgehead atoms. The molecule has 2 aliphatic rings. The first-order valence-electron chi connectivity index (χ1n) is 13.4. The van der Waals surface area contributed by atoms with Crippen LogP contribution in [0.4, 0.5) is 16.2 Å². The second-order valence-electron chi connectivity index (χ2n) is 9.37. The Morgan fingerprint density at radius 3 is 2.43 bits per heavy atom. The van der Waals surface area contributed by atoms with Crippen molar-refractivity contribution in [2.24, 2.45) is 0 Å². The highest BCUT2D eigenvalue weighted by atomic mass is 16.5. The van der Waals surface area contributed by atoms with Crippen LogP contribution in [0.3, 0.4) is 0 Å². The normalized spacial score (nSPS) is 16.4. The van der Waals surface area contributed by atoms with Crippen molar-refractivity contribution in [3.05, 3.63) is 54.1 Å². The lowest BCUT2D eigenvalue weighted by molar-refractivity contribution is 0.0949. The van der Waals surface area contributed by atoms with E-state index in [1.54, 1.807) is 6.07 Å². The van der Waals surface area contributed by atoms with Crippen molar-refractivity contribution in [2.45, 2.75) is 19.8 Å². The quantitative estimate of drug-likeness (QED) is 0.481. The maximum Gasteiger partial charge on any atom is 0.411 e. The fraction of sp³-hybridized carbons (Fsp3) is 0.500. The van der Waals surface area contributed by atoms with E-state index in [4.69, 9.17) is 9.47 Å². The van der Waals surface area contributed by atoms with E-state index in [0.29, 0.717) is 43.3 Å². The minimum absolute atomic E-state index is 0.0148. The van der Waals surface area contributed by atoms with Gasteiger partial charge in [-0.15, -0.1) is 0 Å². The van der Waals surface area contributed by atoms with E-state index in [0.717, 1.165) is 51.5 Å². The van der Waals surface area contributed by atoms with Crippen LogP contribution in [0, 0.1) is 0 Å². The summed E-state index contributed by atoms with van der Waals surface area (Å²) in [6, 6.07) is 15.2. The van der Waals surface area contributed by atoms with E-state index in [-0.39, 0.29) is 5.91 Å². The molecule has 2 N–H and O–H groups in total. The van der Waals surface area contributed by atoms with Gasteiger partial charge in [-0.3, -0.25) is 15.0 Å². The molecule has 9 heteroatoms. The number of nitrogens with zero attached hydrogens (tertiary/aromatic N) is 3. The number of amides is 2. The van der Waals surface area contributed by atoms with Gasteiger partial charge in [0.25, 0.3) is 5.91 Å². The van der Waals surface area contributed by atoms with Crippen LogP contribution in [-0.2, 0) is 4.74 Å². The number of carbonyl (C=O) groups is 2. The number of nitrogens with one attached hydrogen (secondary N) is 2. The molecule has 0 aromatic heterocycles. The van der Waals surface area contributed by atoms with E-state index in [1.807, 2.05) is 43.3 Å². The highest BCUT2D eigenvalue weighted by Gasteiger charge is 2.19. The molecule has 2 fully saturated rings. The van der Waals surface area contributed by atoms with Crippen LogP contribution in [0.5, 0.6) is 5.75 Å². The Labute approximate surface area is 219 Å². The van der Waals surface area contributed by atoms with Crippen molar-refractivity contribution in [1.82, 2.24) is 15.1 Å². The summed E-state index contributed by atoms with van der Waals surface area (Å²) in [4.78, 5) is 31.8. The molecule has 200 valence electrons. The number of para-hydroxylation sites is 2. The predicted molar refractivity (Wildman–Crippen MR) is 146 cm³/mol. The van der Waals surface area contributed by atoms with E-state index in [2.05, 4.69) is 31.4 Å². The molecule has 2 aromatic carbocycles. The lowest BCUT2D eigenvalue weighted by Gasteiger charge is -2.36. The lowest BCUT2D eigenvalue weighted by Crippen LogP contribution is -2.47. The second-order valence-corrected chi connectivity index (χ2v) is 9.37. The molecule has 2 saturated heterocycles. The van der Waals surface area contributed by atoms with Gasteiger partial charge in [-0.1, -0.05) is 18.2 Å². The summed E-state index contributed by atoms with van der Waals surface area (Å²) in [5.41, 5.74) is 2.37. The highest BCUT2D eigenvalue weighted by Crippen LogP contribution is 2.24. The van der Waals surface area contributed by atoms with Crippen molar-refractivity contribution < 1.29 is 19.1 Å². The number of ether oxygens (including phenoxy) is 2. The topological polar surface area (TPSA) is 86.4 Å². The number of anilines is 2. The first kappa shape index (κ1) is 26.8. The summed E-state index contributed by atoms with van der Waals surface area (Å²) < 4.78 is 10.9. The minimum atomic E-state index is -0.485. The fourth-order valence-electron chi connectivity index (χ4n) is 4.77. The standard InChI is InChI=1S/C28H39N5O4/c1-2-36-26-11-4-3-10-25(26)30-28(35)37-21-20-32-16-18-33(19-17-32)24-9-7-8-23(22-24)27(34)29-12-15-31-13-5-6-14-31/h3-4,7-11,22H,2,5-6,12-21H2,1H3,(H,29,34)(H,30,35). The summed E-state index contributed by atoms with van der Waals surface area (Å²) in [5.74, 6) is 0.612. The van der Waals surface area contributed by atoms with E-state index in [9.17, 15) is 9.59 Å². The molecule has 0 atom stereocenters. The monoisotopic (exact) mass is 509 g/mol. The molecular weight excluding hydrogens is 470 g/mol. The van der Waals surface area contributed by atoms with Crippen LogP contribution < -0.4 is 20.3 Å².